The minimum absolute atomic E-state index is 1.000. The molecule has 0 aromatic carbocycles. The van der Waals surface area contributed by atoms with Crippen LogP contribution in [0.5, 0.6) is 0 Å². The van der Waals surface area contributed by atoms with Crippen molar-refractivity contribution in [3.05, 3.63) is 0 Å². The maximum atomic E-state index is 4.44. The summed E-state index contributed by atoms with van der Waals surface area (Å²) in [6, 6.07) is 0. The number of hydrogen-bond donors (Lipinski definition) is 0. The minimum atomic E-state index is 1.000. The van der Waals surface area contributed by atoms with Gasteiger partial charge in [-0.3, -0.25) is 9.38 Å². The molecule has 0 saturated carbocycles. The molecule has 0 fully saturated rings. The molecule has 1 heterocycles. The molecule has 1 unspecified atom stereocenters. The molecule has 3 heteroatoms. The van der Waals surface area contributed by atoms with Gasteiger partial charge in [-0.2, -0.15) is 0 Å². The van der Waals surface area contributed by atoms with Crippen molar-refractivity contribution < 1.29 is 4.48 Å². The molecule has 0 spiro atoms. The highest BCUT2D eigenvalue weighted by molar-refractivity contribution is 5.73. The van der Waals surface area contributed by atoms with E-state index in [0.717, 1.165) is 30.8 Å². The number of rotatable bonds is 3. The maximum absolute atomic E-state index is 4.44. The molecule has 0 aliphatic carbocycles. The van der Waals surface area contributed by atoms with Crippen LogP contribution in [0, 0.1) is 0 Å². The van der Waals surface area contributed by atoms with Crippen LogP contribution in [0.1, 0.15) is 13.8 Å². The van der Waals surface area contributed by atoms with Crippen molar-refractivity contribution in [3.63, 3.8) is 0 Å². The molecule has 0 N–H and O–H groups in total. The van der Waals surface area contributed by atoms with E-state index in [0.29, 0.717) is 0 Å². The molecule has 1 atom stereocenters. The zero-order valence-electron chi connectivity index (χ0n) is 8.67. The Balaban J connectivity index is 2.55. The van der Waals surface area contributed by atoms with E-state index in [2.05, 4.69) is 37.8 Å². The molecule has 0 radical (unpaired) electrons. The van der Waals surface area contributed by atoms with Gasteiger partial charge in [0.05, 0.1) is 13.6 Å². The number of amidine groups is 1. The summed E-state index contributed by atoms with van der Waals surface area (Å²) >= 11 is 0. The normalized spacial score (nSPS) is 29.6. The summed E-state index contributed by atoms with van der Waals surface area (Å²) in [5.74, 6) is 1.27. The van der Waals surface area contributed by atoms with Gasteiger partial charge in [0.1, 0.15) is 13.2 Å². The Morgan fingerprint density at radius 2 is 2.25 bits per heavy atom. The summed E-state index contributed by atoms with van der Waals surface area (Å²) < 4.78 is 1.00. The van der Waals surface area contributed by atoms with Crippen LogP contribution >= 0.6 is 0 Å². The number of nitrogens with zero attached hydrogens (tertiary/aromatic N) is 3. The third-order valence-electron chi connectivity index (χ3n) is 2.81. The first-order valence-corrected chi connectivity index (χ1v) is 4.63. The van der Waals surface area contributed by atoms with Gasteiger partial charge >= 0.3 is 0 Å². The van der Waals surface area contributed by atoms with Gasteiger partial charge in [-0.1, -0.05) is 6.92 Å². The van der Waals surface area contributed by atoms with Gasteiger partial charge in [-0.05, 0) is 7.05 Å². The Hall–Kier alpha value is -0.410. The van der Waals surface area contributed by atoms with E-state index in [1.165, 1.54) is 5.84 Å². The zero-order chi connectivity index (χ0) is 9.19. The Morgan fingerprint density at radius 3 is 2.67 bits per heavy atom. The molecule has 0 aromatic rings. The third kappa shape index (κ3) is 1.84. The third-order valence-corrected chi connectivity index (χ3v) is 2.81. The largest absolute Gasteiger partial charge is 0.267 e. The van der Waals surface area contributed by atoms with Crippen molar-refractivity contribution in [2.75, 3.05) is 40.4 Å². The first-order chi connectivity index (χ1) is 5.58. The summed E-state index contributed by atoms with van der Waals surface area (Å²) in [7, 11) is 4.42. The molecule has 0 amide bonds. The number of likely N-dealkylation sites (N-methyl/N-ethyl adjacent to an activating group) is 1. The van der Waals surface area contributed by atoms with Gasteiger partial charge in [-0.25, -0.2) is 4.99 Å². The zero-order valence-corrected chi connectivity index (χ0v) is 8.67. The van der Waals surface area contributed by atoms with E-state index in [1.807, 2.05) is 0 Å². The molecule has 12 heavy (non-hydrogen) atoms. The lowest BCUT2D eigenvalue weighted by atomic mass is 10.4. The minimum Gasteiger partial charge on any atom is -0.267 e. The summed E-state index contributed by atoms with van der Waals surface area (Å²) in [6.45, 7) is 8.69. The fourth-order valence-electron chi connectivity index (χ4n) is 1.57. The predicted octanol–water partition coefficient (Wildman–Crippen LogP) is 0.774. The van der Waals surface area contributed by atoms with E-state index >= 15 is 0 Å². The monoisotopic (exact) mass is 170 g/mol. The number of hydrogen-bond acceptors (Lipinski definition) is 2. The molecule has 0 aromatic heterocycles. The van der Waals surface area contributed by atoms with E-state index in [-0.39, 0.29) is 0 Å². The van der Waals surface area contributed by atoms with Crippen LogP contribution in [0.3, 0.4) is 0 Å². The molecular formula is C9H20N3+. The molecule has 0 saturated heterocycles. The summed E-state index contributed by atoms with van der Waals surface area (Å²) in [6.07, 6.45) is 0. The fourth-order valence-corrected chi connectivity index (χ4v) is 1.57. The highest BCUT2D eigenvalue weighted by Crippen LogP contribution is 2.11. The van der Waals surface area contributed by atoms with E-state index < -0.39 is 0 Å². The summed E-state index contributed by atoms with van der Waals surface area (Å²) in [5, 5.41) is 0. The van der Waals surface area contributed by atoms with Crippen molar-refractivity contribution in [2.24, 2.45) is 4.99 Å². The molecule has 0 bridgehead atoms. The van der Waals surface area contributed by atoms with Gasteiger partial charge in [0, 0.05) is 13.5 Å². The lowest BCUT2D eigenvalue weighted by molar-refractivity contribution is -0.825. The van der Waals surface area contributed by atoms with Crippen molar-refractivity contribution in [1.29, 1.82) is 0 Å². The smallest absolute Gasteiger partial charge is 0.196 e. The first-order valence-electron chi connectivity index (χ1n) is 4.63. The van der Waals surface area contributed by atoms with Gasteiger partial charge < -0.3 is 0 Å². The van der Waals surface area contributed by atoms with Gasteiger partial charge in [0.15, 0.2) is 5.84 Å². The predicted molar refractivity (Wildman–Crippen MR) is 52.2 cm³/mol. The van der Waals surface area contributed by atoms with Crippen LogP contribution in [0.2, 0.25) is 0 Å². The number of quaternary nitrogens is 1. The highest BCUT2D eigenvalue weighted by Gasteiger charge is 2.30. The van der Waals surface area contributed by atoms with E-state index in [1.54, 1.807) is 0 Å². The second-order valence-corrected chi connectivity index (χ2v) is 3.86. The van der Waals surface area contributed by atoms with Crippen molar-refractivity contribution in [2.45, 2.75) is 13.8 Å². The van der Waals surface area contributed by atoms with Gasteiger partial charge in [-0.15, -0.1) is 0 Å². The van der Waals surface area contributed by atoms with Crippen LogP contribution in [-0.4, -0.2) is 55.6 Å². The first kappa shape index (κ1) is 9.68. The lowest BCUT2D eigenvalue weighted by Gasteiger charge is -2.32. The van der Waals surface area contributed by atoms with Crippen LogP contribution in [0.4, 0.5) is 0 Å². The van der Waals surface area contributed by atoms with Crippen LogP contribution in [-0.2, 0) is 0 Å². The van der Waals surface area contributed by atoms with Crippen LogP contribution in [0.25, 0.3) is 0 Å². The van der Waals surface area contributed by atoms with E-state index in [9.17, 15) is 0 Å². The summed E-state index contributed by atoms with van der Waals surface area (Å²) in [4.78, 5) is 6.78. The summed E-state index contributed by atoms with van der Waals surface area (Å²) in [5.41, 5.74) is 0. The number of aliphatic imine (C=N–C) groups is 1. The molecule has 3 nitrogen and oxygen atoms in total. The highest BCUT2D eigenvalue weighted by atomic mass is 15.5. The molecule has 70 valence electrons. The Bertz CT molecular complexity index is 188. The second-order valence-electron chi connectivity index (χ2n) is 3.86. The second kappa shape index (κ2) is 3.54. The molecule has 1 aliphatic rings. The van der Waals surface area contributed by atoms with Crippen molar-refractivity contribution >= 4 is 5.84 Å². The Morgan fingerprint density at radius 1 is 1.58 bits per heavy atom. The fraction of sp³-hybridized carbons (Fsp3) is 0.889. The Kier molecular flexibility index (Phi) is 2.85. The van der Waals surface area contributed by atoms with Crippen molar-refractivity contribution in [3.8, 4) is 0 Å². The topological polar surface area (TPSA) is 15.6 Å². The lowest BCUT2D eigenvalue weighted by Crippen LogP contribution is -2.51. The van der Waals surface area contributed by atoms with Crippen molar-refractivity contribution in [1.82, 2.24) is 4.90 Å². The molecule has 1 aliphatic heterocycles. The SMILES string of the molecule is CCN(C)C[N+]1(C)CCN=C1C. The Labute approximate surface area is 75.3 Å². The van der Waals surface area contributed by atoms with Crippen LogP contribution < -0.4 is 0 Å². The average molecular weight is 170 g/mol. The average Bonchev–Trinajstić information content (AvgIpc) is 2.32. The van der Waals surface area contributed by atoms with E-state index in [4.69, 9.17) is 0 Å². The molecule has 1 rings (SSSR count). The van der Waals surface area contributed by atoms with Crippen LogP contribution in [0.15, 0.2) is 4.99 Å². The quantitative estimate of drug-likeness (QED) is 0.571. The van der Waals surface area contributed by atoms with Gasteiger partial charge in [0.25, 0.3) is 0 Å². The standard InChI is InChI=1S/C9H20N3/c1-5-11(3)8-12(4)7-6-10-9(12)2/h5-8H2,1-4H3/q+1. The van der Waals surface area contributed by atoms with Gasteiger partial charge in [0.2, 0.25) is 0 Å². The molecular weight excluding hydrogens is 150 g/mol. The maximum Gasteiger partial charge on any atom is 0.196 e.